The molecule has 278 valence electrons. The second-order valence-corrected chi connectivity index (χ2v) is 15.9. The van der Waals surface area contributed by atoms with Crippen molar-refractivity contribution in [1.29, 1.82) is 0 Å². The number of furan rings is 2. The van der Waals surface area contributed by atoms with Gasteiger partial charge in [0.15, 0.2) is 0 Å². The van der Waals surface area contributed by atoms with E-state index in [-0.39, 0.29) is 0 Å². The van der Waals surface area contributed by atoms with Gasteiger partial charge in [-0.15, -0.1) is 0 Å². The molecule has 0 aliphatic carbocycles. The first-order chi connectivity index (χ1) is 29.8. The van der Waals surface area contributed by atoms with Gasteiger partial charge >= 0.3 is 0 Å². The number of hydrogen-bond acceptors (Lipinski definition) is 2. The fraction of sp³-hybridized carbons (Fsp3) is 0. The van der Waals surface area contributed by atoms with E-state index in [9.17, 15) is 0 Å². The molecule has 0 atom stereocenters. The van der Waals surface area contributed by atoms with E-state index in [0.29, 0.717) is 0 Å². The van der Waals surface area contributed by atoms with Crippen LogP contribution < -0.4 is 0 Å². The molecule has 2 nitrogen and oxygen atoms in total. The summed E-state index contributed by atoms with van der Waals surface area (Å²) in [6.45, 7) is 0. The lowest BCUT2D eigenvalue weighted by atomic mass is 9.85. The molecule has 0 saturated carbocycles. The van der Waals surface area contributed by atoms with Gasteiger partial charge in [-0.2, -0.15) is 0 Å². The predicted molar refractivity (Wildman–Crippen MR) is 253 cm³/mol. The van der Waals surface area contributed by atoms with E-state index in [4.69, 9.17) is 8.83 Å². The Hall–Kier alpha value is -7.94. The fourth-order valence-corrected chi connectivity index (χ4v) is 10.1. The molecular weight excluding hydrogens is 729 g/mol. The van der Waals surface area contributed by atoms with Crippen LogP contribution in [0.1, 0.15) is 0 Å². The van der Waals surface area contributed by atoms with Gasteiger partial charge in [0.25, 0.3) is 0 Å². The second kappa shape index (κ2) is 12.8. The van der Waals surface area contributed by atoms with Gasteiger partial charge in [0.1, 0.15) is 22.3 Å². The van der Waals surface area contributed by atoms with E-state index in [1.165, 1.54) is 76.5 Å². The molecule has 2 heterocycles. The number of benzene rings is 11. The molecule has 0 aliphatic rings. The summed E-state index contributed by atoms with van der Waals surface area (Å²) in [4.78, 5) is 0. The molecule has 60 heavy (non-hydrogen) atoms. The Morgan fingerprint density at radius 3 is 1.25 bits per heavy atom. The van der Waals surface area contributed by atoms with Crippen LogP contribution in [0.15, 0.2) is 215 Å². The average Bonchev–Trinajstić information content (AvgIpc) is 3.88. The standard InChI is InChI=1S/C58H34O2/c1-2-15-35(16-3-1)54-40-18-4-6-20-42(40)56(43-21-7-5-19-41(43)54)37-29-31-39-48-26-14-27-49(58(48)60-53(39)34-37)57-46-24-10-8-22-44(46)55(45-23-9-11-25-47(45)57)36-30-32-52-50(33-36)38-17-12-13-28-51(38)59-52/h1-34H. The van der Waals surface area contributed by atoms with Crippen LogP contribution in [0.4, 0.5) is 0 Å². The Morgan fingerprint density at radius 1 is 0.217 bits per heavy atom. The van der Waals surface area contributed by atoms with Crippen molar-refractivity contribution in [2.24, 2.45) is 0 Å². The summed E-state index contributed by atoms with van der Waals surface area (Å²) in [5.41, 5.74) is 13.1. The second-order valence-electron chi connectivity index (χ2n) is 15.9. The molecule has 0 saturated heterocycles. The van der Waals surface area contributed by atoms with Crippen molar-refractivity contribution in [1.82, 2.24) is 0 Å². The van der Waals surface area contributed by atoms with Gasteiger partial charge in [-0.1, -0.05) is 176 Å². The van der Waals surface area contributed by atoms with E-state index >= 15 is 0 Å². The lowest BCUT2D eigenvalue weighted by Gasteiger charge is -2.18. The lowest BCUT2D eigenvalue weighted by molar-refractivity contribution is 0.669. The minimum Gasteiger partial charge on any atom is -0.456 e. The highest BCUT2D eigenvalue weighted by molar-refractivity contribution is 6.26. The number of hydrogen-bond donors (Lipinski definition) is 0. The largest absolute Gasteiger partial charge is 0.456 e. The molecule has 0 spiro atoms. The summed E-state index contributed by atoms with van der Waals surface area (Å²) in [6, 6.07) is 74.4. The first-order valence-electron chi connectivity index (χ1n) is 20.6. The van der Waals surface area contributed by atoms with Gasteiger partial charge < -0.3 is 8.83 Å². The first-order valence-corrected chi connectivity index (χ1v) is 20.6. The van der Waals surface area contributed by atoms with Gasteiger partial charge in [0, 0.05) is 32.7 Å². The molecule has 0 bridgehead atoms. The van der Waals surface area contributed by atoms with Crippen molar-refractivity contribution in [3.05, 3.63) is 206 Å². The van der Waals surface area contributed by atoms with Crippen LogP contribution in [0.5, 0.6) is 0 Å². The van der Waals surface area contributed by atoms with Crippen LogP contribution in [-0.4, -0.2) is 0 Å². The van der Waals surface area contributed by atoms with Crippen LogP contribution in [0.3, 0.4) is 0 Å². The van der Waals surface area contributed by atoms with E-state index in [1.807, 2.05) is 12.1 Å². The Balaban J connectivity index is 1.04. The third-order valence-electron chi connectivity index (χ3n) is 12.6. The van der Waals surface area contributed by atoms with Crippen LogP contribution in [0.2, 0.25) is 0 Å². The zero-order valence-electron chi connectivity index (χ0n) is 32.4. The summed E-state index contributed by atoms with van der Waals surface area (Å²) in [6.07, 6.45) is 0. The van der Waals surface area contributed by atoms with Crippen LogP contribution in [-0.2, 0) is 0 Å². The quantitative estimate of drug-likeness (QED) is 0.167. The van der Waals surface area contributed by atoms with Crippen molar-refractivity contribution >= 4 is 87.0 Å². The van der Waals surface area contributed by atoms with Gasteiger partial charge in [-0.25, -0.2) is 0 Å². The van der Waals surface area contributed by atoms with Gasteiger partial charge in [0.2, 0.25) is 0 Å². The van der Waals surface area contributed by atoms with Crippen molar-refractivity contribution in [2.45, 2.75) is 0 Å². The van der Waals surface area contributed by atoms with Gasteiger partial charge in [-0.05, 0) is 107 Å². The maximum Gasteiger partial charge on any atom is 0.143 e. The fourth-order valence-electron chi connectivity index (χ4n) is 10.1. The minimum absolute atomic E-state index is 0.876. The Labute approximate surface area is 345 Å². The lowest BCUT2D eigenvalue weighted by Crippen LogP contribution is -1.91. The van der Waals surface area contributed by atoms with Crippen molar-refractivity contribution in [2.75, 3.05) is 0 Å². The summed E-state index contributed by atoms with van der Waals surface area (Å²) >= 11 is 0. The minimum atomic E-state index is 0.876. The van der Waals surface area contributed by atoms with Crippen LogP contribution >= 0.6 is 0 Å². The zero-order valence-corrected chi connectivity index (χ0v) is 32.4. The molecule has 2 aromatic heterocycles. The summed E-state index contributed by atoms with van der Waals surface area (Å²) in [5.74, 6) is 0. The summed E-state index contributed by atoms with van der Waals surface area (Å²) < 4.78 is 13.3. The maximum atomic E-state index is 7.10. The van der Waals surface area contributed by atoms with E-state index in [2.05, 4.69) is 194 Å². The molecule has 0 unspecified atom stereocenters. The van der Waals surface area contributed by atoms with Crippen molar-refractivity contribution in [3.63, 3.8) is 0 Å². The van der Waals surface area contributed by atoms with Crippen LogP contribution in [0.25, 0.3) is 131 Å². The molecule has 2 heteroatoms. The molecule has 13 rings (SSSR count). The van der Waals surface area contributed by atoms with Crippen molar-refractivity contribution in [3.8, 4) is 44.5 Å². The number of fused-ring (bicyclic) bond motifs is 10. The summed E-state index contributed by atoms with van der Waals surface area (Å²) in [7, 11) is 0. The normalized spacial score (nSPS) is 12.0. The highest BCUT2D eigenvalue weighted by Gasteiger charge is 2.22. The molecule has 0 aliphatic heterocycles. The highest BCUT2D eigenvalue weighted by atomic mass is 16.3. The van der Waals surface area contributed by atoms with Crippen LogP contribution in [0, 0.1) is 0 Å². The zero-order chi connectivity index (χ0) is 39.3. The SMILES string of the molecule is c1ccc(-c2c3ccccc3c(-c3ccc4c(c3)oc3c(-c5c6ccccc6c(-c6ccc7oc8ccccc8c7c6)c6ccccc56)cccc34)c3ccccc23)cc1. The van der Waals surface area contributed by atoms with E-state index < -0.39 is 0 Å². The topological polar surface area (TPSA) is 26.3 Å². The smallest absolute Gasteiger partial charge is 0.143 e. The van der Waals surface area contributed by atoms with Crippen molar-refractivity contribution < 1.29 is 8.83 Å². The summed E-state index contributed by atoms with van der Waals surface area (Å²) in [5, 5.41) is 14.2. The average molecular weight is 763 g/mol. The molecule has 0 radical (unpaired) electrons. The number of para-hydroxylation sites is 2. The molecule has 13 aromatic rings. The highest BCUT2D eigenvalue weighted by Crippen LogP contribution is 2.49. The van der Waals surface area contributed by atoms with Gasteiger partial charge in [0.05, 0.1) is 0 Å². The molecule has 0 fully saturated rings. The third-order valence-corrected chi connectivity index (χ3v) is 12.6. The number of rotatable bonds is 4. The third kappa shape index (κ3) is 4.76. The predicted octanol–water partition coefficient (Wildman–Crippen LogP) is 16.8. The first kappa shape index (κ1) is 33.1. The Kier molecular flexibility index (Phi) is 7.05. The Bertz CT molecular complexity index is 3770. The monoisotopic (exact) mass is 762 g/mol. The maximum absolute atomic E-state index is 7.10. The molecule has 0 amide bonds. The molecule has 11 aromatic carbocycles. The van der Waals surface area contributed by atoms with E-state index in [0.717, 1.165) is 55.0 Å². The molecular formula is C58H34O2. The molecule has 0 N–H and O–H groups in total. The van der Waals surface area contributed by atoms with Gasteiger partial charge in [-0.3, -0.25) is 0 Å². The Morgan fingerprint density at radius 2 is 0.650 bits per heavy atom. The van der Waals surface area contributed by atoms with E-state index in [1.54, 1.807) is 0 Å².